The van der Waals surface area contributed by atoms with E-state index < -0.39 is 17.8 Å². The van der Waals surface area contributed by atoms with Crippen molar-refractivity contribution in [3.63, 3.8) is 0 Å². The van der Waals surface area contributed by atoms with Crippen LogP contribution in [0.2, 0.25) is 0 Å². The van der Waals surface area contributed by atoms with Crippen molar-refractivity contribution in [3.8, 4) is 5.75 Å². The molecule has 0 saturated carbocycles. The number of carbonyl (C=O) groups is 2. The molecule has 2 amide bonds. The first-order valence-electron chi connectivity index (χ1n) is 8.99. The summed E-state index contributed by atoms with van der Waals surface area (Å²) in [7, 11) is 0. The number of ether oxygens (including phenoxy) is 2. The highest BCUT2D eigenvalue weighted by atomic mass is 19.1. The summed E-state index contributed by atoms with van der Waals surface area (Å²) in [5, 5.41) is 2.66. The molecular weight excluding hydrogens is 363 g/mol. The van der Waals surface area contributed by atoms with Gasteiger partial charge in [-0.15, -0.1) is 0 Å². The van der Waals surface area contributed by atoms with Crippen LogP contribution in [0.25, 0.3) is 0 Å². The van der Waals surface area contributed by atoms with E-state index in [4.69, 9.17) is 9.47 Å². The van der Waals surface area contributed by atoms with E-state index in [0.717, 1.165) is 5.56 Å². The third kappa shape index (κ3) is 4.60. The molecule has 3 rings (SSSR count). The minimum Gasteiger partial charge on any atom is -0.479 e. The normalized spacial score (nSPS) is 16.2. The molecule has 28 heavy (non-hydrogen) atoms. The number of amides is 2. The molecule has 7 heteroatoms. The Hall–Kier alpha value is -3.09. The van der Waals surface area contributed by atoms with Crippen molar-refractivity contribution in [2.24, 2.45) is 0 Å². The third-order valence-electron chi connectivity index (χ3n) is 4.07. The highest BCUT2D eigenvalue weighted by Gasteiger charge is 2.32. The second kappa shape index (κ2) is 7.50. The summed E-state index contributed by atoms with van der Waals surface area (Å²) in [6.07, 6.45) is -1.23. The summed E-state index contributed by atoms with van der Waals surface area (Å²) < 4.78 is 24.1. The monoisotopic (exact) mass is 386 g/mol. The Morgan fingerprint density at radius 3 is 2.54 bits per heavy atom. The fourth-order valence-corrected chi connectivity index (χ4v) is 2.84. The van der Waals surface area contributed by atoms with Crippen LogP contribution in [-0.4, -0.2) is 23.7 Å². The summed E-state index contributed by atoms with van der Waals surface area (Å²) in [6, 6.07) is 11.0. The first kappa shape index (κ1) is 19.7. The summed E-state index contributed by atoms with van der Waals surface area (Å²) in [5.41, 5.74) is 1.16. The minimum atomic E-state index is -0.641. The van der Waals surface area contributed by atoms with E-state index in [2.05, 4.69) is 5.32 Å². The zero-order valence-electron chi connectivity index (χ0n) is 16.3. The van der Waals surface area contributed by atoms with E-state index in [9.17, 15) is 14.0 Å². The van der Waals surface area contributed by atoms with Gasteiger partial charge in [0.25, 0.3) is 5.91 Å². The molecule has 0 radical (unpaired) electrons. The van der Waals surface area contributed by atoms with Gasteiger partial charge in [-0.2, -0.15) is 0 Å². The number of hydrogen-bond acceptors (Lipinski definition) is 4. The topological polar surface area (TPSA) is 67.9 Å². The Labute approximate surface area is 163 Å². The SMILES string of the molecule is CC1Oc2ccc(NC(=O)OC(C)(C)C)cc2N(Cc2ccc(F)cc2)C1=O. The molecule has 0 aromatic heterocycles. The van der Waals surface area contributed by atoms with Crippen molar-refractivity contribution < 1.29 is 23.5 Å². The van der Waals surface area contributed by atoms with E-state index in [1.165, 1.54) is 12.1 Å². The lowest BCUT2D eigenvalue weighted by Gasteiger charge is -2.33. The van der Waals surface area contributed by atoms with Crippen molar-refractivity contribution in [1.29, 1.82) is 0 Å². The molecule has 1 aliphatic heterocycles. The molecule has 6 nitrogen and oxygen atoms in total. The van der Waals surface area contributed by atoms with Gasteiger partial charge in [-0.25, -0.2) is 9.18 Å². The van der Waals surface area contributed by atoms with Crippen molar-refractivity contribution in [2.45, 2.75) is 45.9 Å². The van der Waals surface area contributed by atoms with E-state index in [1.807, 2.05) is 0 Å². The van der Waals surface area contributed by atoms with Gasteiger partial charge in [-0.3, -0.25) is 10.1 Å². The summed E-state index contributed by atoms with van der Waals surface area (Å²) in [5.74, 6) is -0.0233. The quantitative estimate of drug-likeness (QED) is 0.844. The number of fused-ring (bicyclic) bond motifs is 1. The van der Waals surface area contributed by atoms with Crippen molar-refractivity contribution >= 4 is 23.4 Å². The minimum absolute atomic E-state index is 0.216. The second-order valence-electron chi connectivity index (χ2n) is 7.62. The molecule has 0 aliphatic carbocycles. The Morgan fingerprint density at radius 1 is 1.21 bits per heavy atom. The van der Waals surface area contributed by atoms with Gasteiger partial charge in [0.05, 0.1) is 12.2 Å². The smallest absolute Gasteiger partial charge is 0.412 e. The van der Waals surface area contributed by atoms with E-state index in [1.54, 1.807) is 62.9 Å². The van der Waals surface area contributed by atoms with Crippen molar-refractivity contribution in [1.82, 2.24) is 0 Å². The fourth-order valence-electron chi connectivity index (χ4n) is 2.84. The summed E-state index contributed by atoms with van der Waals surface area (Å²) in [6.45, 7) is 7.26. The Morgan fingerprint density at radius 2 is 1.89 bits per heavy atom. The van der Waals surface area contributed by atoms with Gasteiger partial charge in [0.2, 0.25) is 0 Å². The number of halogens is 1. The lowest BCUT2D eigenvalue weighted by Crippen LogP contribution is -2.44. The molecule has 0 spiro atoms. The molecule has 0 bridgehead atoms. The van der Waals surface area contributed by atoms with Gasteiger partial charge in [0, 0.05) is 5.69 Å². The zero-order chi connectivity index (χ0) is 20.5. The maximum atomic E-state index is 13.2. The number of hydrogen-bond donors (Lipinski definition) is 1. The first-order valence-corrected chi connectivity index (χ1v) is 8.99. The van der Waals surface area contributed by atoms with Crippen LogP contribution >= 0.6 is 0 Å². The Balaban J connectivity index is 1.87. The Kier molecular flexibility index (Phi) is 5.27. The highest BCUT2D eigenvalue weighted by molar-refractivity contribution is 6.00. The highest BCUT2D eigenvalue weighted by Crippen LogP contribution is 2.37. The van der Waals surface area contributed by atoms with Gasteiger partial charge in [-0.05, 0) is 63.6 Å². The molecular formula is C21H23FN2O4. The van der Waals surface area contributed by atoms with Gasteiger partial charge >= 0.3 is 6.09 Å². The molecule has 148 valence electrons. The predicted octanol–water partition coefficient (Wildman–Crippen LogP) is 4.49. The maximum absolute atomic E-state index is 13.2. The number of nitrogens with one attached hydrogen (secondary N) is 1. The standard InChI is InChI=1S/C21H23FN2O4/c1-13-19(25)24(12-14-5-7-15(22)8-6-14)17-11-16(9-10-18(17)27-13)23-20(26)28-21(2,3)4/h5-11,13H,12H2,1-4H3,(H,23,26). The number of benzene rings is 2. The van der Waals surface area contributed by atoms with Crippen LogP contribution < -0.4 is 15.0 Å². The molecule has 0 fully saturated rings. The lowest BCUT2D eigenvalue weighted by molar-refractivity contribution is -0.125. The molecule has 1 aliphatic rings. The van der Waals surface area contributed by atoms with Gasteiger partial charge in [0.15, 0.2) is 6.10 Å². The molecule has 1 N–H and O–H groups in total. The largest absolute Gasteiger partial charge is 0.479 e. The number of rotatable bonds is 3. The van der Waals surface area contributed by atoms with Crippen LogP contribution in [0.15, 0.2) is 42.5 Å². The molecule has 2 aromatic rings. The number of anilines is 2. The van der Waals surface area contributed by atoms with Crippen LogP contribution in [0.1, 0.15) is 33.3 Å². The average molecular weight is 386 g/mol. The van der Waals surface area contributed by atoms with Crippen LogP contribution in [0, 0.1) is 5.82 Å². The van der Waals surface area contributed by atoms with Crippen LogP contribution in [0.4, 0.5) is 20.6 Å². The van der Waals surface area contributed by atoms with E-state index >= 15 is 0 Å². The summed E-state index contributed by atoms with van der Waals surface area (Å²) >= 11 is 0. The van der Waals surface area contributed by atoms with Gasteiger partial charge in [-0.1, -0.05) is 12.1 Å². The molecule has 1 unspecified atom stereocenters. The summed E-state index contributed by atoms with van der Waals surface area (Å²) in [4.78, 5) is 26.3. The number of carbonyl (C=O) groups excluding carboxylic acids is 2. The second-order valence-corrected chi connectivity index (χ2v) is 7.62. The van der Waals surface area contributed by atoms with Crippen molar-refractivity contribution in [3.05, 3.63) is 53.8 Å². The van der Waals surface area contributed by atoms with Crippen LogP contribution in [0.3, 0.4) is 0 Å². The van der Waals surface area contributed by atoms with E-state index in [-0.39, 0.29) is 18.3 Å². The number of nitrogens with zero attached hydrogens (tertiary/aromatic N) is 1. The average Bonchev–Trinajstić information content (AvgIpc) is 2.59. The van der Waals surface area contributed by atoms with E-state index in [0.29, 0.717) is 17.1 Å². The molecule has 0 saturated heterocycles. The van der Waals surface area contributed by atoms with Gasteiger partial charge < -0.3 is 14.4 Å². The maximum Gasteiger partial charge on any atom is 0.412 e. The zero-order valence-corrected chi connectivity index (χ0v) is 16.3. The third-order valence-corrected chi connectivity index (χ3v) is 4.07. The first-order chi connectivity index (χ1) is 13.1. The predicted molar refractivity (Wildman–Crippen MR) is 104 cm³/mol. The molecule has 2 aromatic carbocycles. The van der Waals surface area contributed by atoms with Crippen molar-refractivity contribution in [2.75, 3.05) is 10.2 Å². The Bertz CT molecular complexity index is 890. The lowest BCUT2D eigenvalue weighted by atomic mass is 10.1. The van der Waals surface area contributed by atoms with Crippen LogP contribution in [0.5, 0.6) is 5.75 Å². The molecule has 1 atom stereocenters. The fraction of sp³-hybridized carbons (Fsp3) is 0.333. The molecule has 1 heterocycles. The van der Waals surface area contributed by atoms with Gasteiger partial charge in [0.1, 0.15) is 17.2 Å². The van der Waals surface area contributed by atoms with Crippen LogP contribution in [-0.2, 0) is 16.1 Å².